The summed E-state index contributed by atoms with van der Waals surface area (Å²) < 4.78 is 0. The average Bonchev–Trinajstić information content (AvgIpc) is 3.05. The molecule has 1 aliphatic rings. The maximum absolute atomic E-state index is 4.30. The quantitative estimate of drug-likeness (QED) is 0.258. The highest BCUT2D eigenvalue weighted by atomic mass is 127. The van der Waals surface area contributed by atoms with Gasteiger partial charge in [0.2, 0.25) is 0 Å². The molecule has 2 rings (SSSR count). The summed E-state index contributed by atoms with van der Waals surface area (Å²) in [5.41, 5.74) is 0. The first-order chi connectivity index (χ1) is 11.7. The molecular weight excluding hydrogens is 443 g/mol. The van der Waals surface area contributed by atoms with Crippen molar-refractivity contribution >= 4 is 41.3 Å². The average molecular weight is 478 g/mol. The van der Waals surface area contributed by atoms with E-state index in [-0.39, 0.29) is 24.0 Å². The molecule has 2 atom stereocenters. The number of halogens is 1. The van der Waals surface area contributed by atoms with Crippen LogP contribution in [0.25, 0.3) is 0 Å². The number of aliphatic imine (C=N–C) groups is 1. The Labute approximate surface area is 174 Å². The molecule has 0 saturated carbocycles. The smallest absolute Gasteiger partial charge is 0.190 e. The van der Waals surface area contributed by atoms with Gasteiger partial charge >= 0.3 is 0 Å². The Balaban J connectivity index is 0.00000312. The number of rotatable bonds is 8. The van der Waals surface area contributed by atoms with Crippen LogP contribution in [0.2, 0.25) is 0 Å². The molecule has 4 nitrogen and oxygen atoms in total. The van der Waals surface area contributed by atoms with E-state index < -0.39 is 0 Å². The number of unbranched alkanes of at least 4 members (excludes halogenated alkanes) is 1. The van der Waals surface area contributed by atoms with Crippen LogP contribution >= 0.6 is 35.3 Å². The Bertz CT molecular complexity index is 468. The molecule has 0 aromatic carbocycles. The van der Waals surface area contributed by atoms with Crippen molar-refractivity contribution < 1.29 is 0 Å². The molecule has 0 aliphatic carbocycles. The molecule has 2 N–H and O–H groups in total. The van der Waals surface area contributed by atoms with Crippen LogP contribution in [0.4, 0.5) is 0 Å². The Morgan fingerprint density at radius 1 is 1.20 bits per heavy atom. The fourth-order valence-corrected chi connectivity index (χ4v) is 4.33. The number of nitrogens with zero attached hydrogens (tertiary/aromatic N) is 2. The number of piperidine rings is 1. The largest absolute Gasteiger partial charge is 0.356 e. The van der Waals surface area contributed by atoms with E-state index in [1.807, 2.05) is 18.4 Å². The summed E-state index contributed by atoms with van der Waals surface area (Å²) >= 11 is 1.82. The van der Waals surface area contributed by atoms with Gasteiger partial charge in [-0.3, -0.25) is 4.99 Å². The highest BCUT2D eigenvalue weighted by Crippen LogP contribution is 2.20. The zero-order valence-corrected chi connectivity index (χ0v) is 19.1. The second-order valence-electron chi connectivity index (χ2n) is 7.17. The molecule has 1 aliphatic heterocycles. The zero-order chi connectivity index (χ0) is 17.2. The van der Waals surface area contributed by atoms with E-state index in [0.717, 1.165) is 37.3 Å². The van der Waals surface area contributed by atoms with Gasteiger partial charge in [0.15, 0.2) is 5.96 Å². The van der Waals surface area contributed by atoms with E-state index in [9.17, 15) is 0 Å². The molecule has 0 spiro atoms. The Morgan fingerprint density at radius 3 is 2.56 bits per heavy atom. The summed E-state index contributed by atoms with van der Waals surface area (Å²) in [6, 6.07) is 4.29. The molecule has 0 bridgehead atoms. The lowest BCUT2D eigenvalue weighted by Crippen LogP contribution is -2.40. The van der Waals surface area contributed by atoms with Crippen LogP contribution in [-0.2, 0) is 6.42 Å². The van der Waals surface area contributed by atoms with E-state index in [4.69, 9.17) is 0 Å². The Hall–Kier alpha value is -0.340. The van der Waals surface area contributed by atoms with Gasteiger partial charge in [-0.05, 0) is 55.5 Å². The van der Waals surface area contributed by atoms with Crippen molar-refractivity contribution in [2.75, 3.05) is 39.8 Å². The van der Waals surface area contributed by atoms with E-state index >= 15 is 0 Å². The first kappa shape index (κ1) is 22.7. The van der Waals surface area contributed by atoms with E-state index in [1.54, 1.807) is 0 Å². The first-order valence-electron chi connectivity index (χ1n) is 9.36. The van der Waals surface area contributed by atoms with Gasteiger partial charge in [-0.15, -0.1) is 35.3 Å². The summed E-state index contributed by atoms with van der Waals surface area (Å²) in [5.74, 6) is 2.64. The van der Waals surface area contributed by atoms with E-state index in [2.05, 4.69) is 51.9 Å². The molecule has 1 aromatic rings. The predicted octanol–water partition coefficient (Wildman–Crippen LogP) is 3.83. The lowest BCUT2D eigenvalue weighted by molar-refractivity contribution is 0.139. The number of guanidine groups is 1. The van der Waals surface area contributed by atoms with Crippen LogP contribution in [-0.4, -0.2) is 50.6 Å². The summed E-state index contributed by atoms with van der Waals surface area (Å²) in [6.07, 6.45) is 4.92. The lowest BCUT2D eigenvalue weighted by Gasteiger charge is -2.34. The number of hydrogen-bond acceptors (Lipinski definition) is 3. The molecule has 144 valence electrons. The lowest BCUT2D eigenvalue weighted by atomic mass is 9.92. The minimum absolute atomic E-state index is 0. The van der Waals surface area contributed by atoms with Gasteiger partial charge in [0.05, 0.1) is 0 Å². The summed E-state index contributed by atoms with van der Waals surface area (Å²) in [6.45, 7) is 10.5. The van der Waals surface area contributed by atoms with Crippen LogP contribution in [0.15, 0.2) is 22.5 Å². The minimum atomic E-state index is 0. The van der Waals surface area contributed by atoms with Crippen molar-refractivity contribution in [3.8, 4) is 0 Å². The van der Waals surface area contributed by atoms with Crippen LogP contribution in [0, 0.1) is 11.8 Å². The standard InChI is InChI=1S/C19H34N4S.HI/c1-16-13-17(2)15-23(14-16)11-5-4-9-21-19(20-3)22-10-8-18-7-6-12-24-18;/h6-7,12,16-17H,4-5,8-11,13-15H2,1-3H3,(H2,20,21,22);1H. The SMILES string of the molecule is CN=C(NCCCCN1CC(C)CC(C)C1)NCCc1cccs1.I. The normalized spacial score (nSPS) is 21.6. The van der Waals surface area contributed by atoms with Crippen LogP contribution < -0.4 is 10.6 Å². The third kappa shape index (κ3) is 9.24. The van der Waals surface area contributed by atoms with Crippen molar-refractivity contribution in [2.45, 2.75) is 39.5 Å². The van der Waals surface area contributed by atoms with Gasteiger partial charge in [0.25, 0.3) is 0 Å². The number of nitrogens with one attached hydrogen (secondary N) is 2. The van der Waals surface area contributed by atoms with Crippen LogP contribution in [0.3, 0.4) is 0 Å². The molecule has 1 fully saturated rings. The Morgan fingerprint density at radius 2 is 1.92 bits per heavy atom. The van der Waals surface area contributed by atoms with Gasteiger partial charge in [0, 0.05) is 38.1 Å². The fourth-order valence-electron chi connectivity index (χ4n) is 3.62. The molecule has 2 unspecified atom stereocenters. The van der Waals surface area contributed by atoms with Crippen LogP contribution in [0.5, 0.6) is 0 Å². The predicted molar refractivity (Wildman–Crippen MR) is 121 cm³/mol. The maximum atomic E-state index is 4.30. The summed E-state index contributed by atoms with van der Waals surface area (Å²) in [4.78, 5) is 8.37. The molecule has 6 heteroatoms. The van der Waals surface area contributed by atoms with Gasteiger partial charge in [-0.25, -0.2) is 0 Å². The minimum Gasteiger partial charge on any atom is -0.356 e. The van der Waals surface area contributed by atoms with E-state index in [1.165, 1.54) is 43.8 Å². The number of likely N-dealkylation sites (tertiary alicyclic amines) is 1. The fraction of sp³-hybridized carbons (Fsp3) is 0.737. The zero-order valence-electron chi connectivity index (χ0n) is 16.0. The monoisotopic (exact) mass is 478 g/mol. The second-order valence-corrected chi connectivity index (χ2v) is 8.20. The van der Waals surface area contributed by atoms with Gasteiger partial charge in [-0.2, -0.15) is 0 Å². The molecule has 0 amide bonds. The third-order valence-electron chi connectivity index (χ3n) is 4.61. The topological polar surface area (TPSA) is 39.7 Å². The van der Waals surface area contributed by atoms with Crippen molar-refractivity contribution in [2.24, 2.45) is 16.8 Å². The summed E-state index contributed by atoms with van der Waals surface area (Å²) in [5, 5.41) is 8.95. The van der Waals surface area contributed by atoms with Gasteiger partial charge in [-0.1, -0.05) is 19.9 Å². The molecular formula is C19H35IN4S. The molecule has 2 heterocycles. The summed E-state index contributed by atoms with van der Waals surface area (Å²) in [7, 11) is 1.84. The van der Waals surface area contributed by atoms with Crippen molar-refractivity contribution in [3.63, 3.8) is 0 Å². The van der Waals surface area contributed by atoms with Crippen molar-refractivity contribution in [3.05, 3.63) is 22.4 Å². The molecule has 25 heavy (non-hydrogen) atoms. The van der Waals surface area contributed by atoms with E-state index in [0.29, 0.717) is 0 Å². The number of hydrogen-bond donors (Lipinski definition) is 2. The maximum Gasteiger partial charge on any atom is 0.190 e. The van der Waals surface area contributed by atoms with Gasteiger partial charge in [0.1, 0.15) is 0 Å². The second kappa shape index (κ2) is 12.9. The molecule has 1 aromatic heterocycles. The van der Waals surface area contributed by atoms with Gasteiger partial charge < -0.3 is 15.5 Å². The van der Waals surface area contributed by atoms with Crippen molar-refractivity contribution in [1.82, 2.24) is 15.5 Å². The number of thiophene rings is 1. The highest BCUT2D eigenvalue weighted by Gasteiger charge is 2.20. The third-order valence-corrected chi connectivity index (χ3v) is 5.54. The highest BCUT2D eigenvalue weighted by molar-refractivity contribution is 14.0. The molecule has 1 saturated heterocycles. The molecule has 0 radical (unpaired) electrons. The van der Waals surface area contributed by atoms with Crippen LogP contribution in [0.1, 0.15) is 38.0 Å². The van der Waals surface area contributed by atoms with Crippen molar-refractivity contribution in [1.29, 1.82) is 0 Å². The first-order valence-corrected chi connectivity index (χ1v) is 10.2. The Kier molecular flexibility index (Phi) is 11.7.